The molecule has 1 aromatic carbocycles. The number of rotatable bonds is 9. The Morgan fingerprint density at radius 3 is 2.66 bits per heavy atom. The van der Waals surface area contributed by atoms with E-state index in [-0.39, 0.29) is 24.1 Å². The Morgan fingerprint density at radius 1 is 1.17 bits per heavy atom. The number of nitrogens with zero attached hydrogens (tertiary/aromatic N) is 2. The highest BCUT2D eigenvalue weighted by Crippen LogP contribution is 2.32. The monoisotopic (exact) mass is 397 g/mol. The van der Waals surface area contributed by atoms with E-state index in [0.29, 0.717) is 23.2 Å². The molecule has 4 amide bonds. The predicted octanol–water partition coefficient (Wildman–Crippen LogP) is 2.27. The van der Waals surface area contributed by atoms with E-state index in [1.165, 1.54) is 4.90 Å². The number of imide groups is 1. The first-order chi connectivity index (χ1) is 13.9. The molecule has 7 heteroatoms. The van der Waals surface area contributed by atoms with Gasteiger partial charge in [0.15, 0.2) is 0 Å². The molecule has 1 aromatic rings. The fourth-order valence-electron chi connectivity index (χ4n) is 4.00. The maximum Gasteiger partial charge on any atom is 0.262 e. The molecule has 1 saturated heterocycles. The van der Waals surface area contributed by atoms with Crippen LogP contribution in [-0.4, -0.2) is 53.6 Å². The largest absolute Gasteiger partial charge is 0.348 e. The minimum absolute atomic E-state index is 0.136. The van der Waals surface area contributed by atoms with Crippen LogP contribution < -0.4 is 5.32 Å². The van der Waals surface area contributed by atoms with Crippen LogP contribution in [0.15, 0.2) is 30.5 Å². The van der Waals surface area contributed by atoms with Crippen LogP contribution >= 0.6 is 0 Å². The van der Waals surface area contributed by atoms with Crippen LogP contribution in [-0.2, 0) is 16.0 Å². The first kappa shape index (κ1) is 20.8. The van der Waals surface area contributed by atoms with E-state index in [9.17, 15) is 19.2 Å². The molecule has 1 atom stereocenters. The van der Waals surface area contributed by atoms with Crippen LogP contribution in [0.1, 0.15) is 64.8 Å². The molecular formula is C22H27N3O4. The van der Waals surface area contributed by atoms with Crippen LogP contribution in [0.3, 0.4) is 0 Å². The van der Waals surface area contributed by atoms with Crippen molar-refractivity contribution in [2.75, 3.05) is 13.6 Å². The highest BCUT2D eigenvalue weighted by molar-refractivity contribution is 6.22. The van der Waals surface area contributed by atoms with Crippen LogP contribution in [0.25, 0.3) is 0 Å². The summed E-state index contributed by atoms with van der Waals surface area (Å²) in [5.41, 5.74) is 2.21. The maximum atomic E-state index is 13.1. The molecule has 0 radical (unpaired) electrons. The normalized spacial score (nSPS) is 18.7. The zero-order valence-electron chi connectivity index (χ0n) is 16.8. The molecule has 1 fully saturated rings. The Hall–Kier alpha value is -2.96. The standard InChI is InChI=1S/C22H27N3O4/c1-15-18(11-12-19(27)23-15)25-21(28)17-10-7-9-16(20(17)22(25)29)8-5-3-4-6-13-24(2)14-26/h7,9-10,14,18H,1,3-6,8,11-13H2,2H3,(H,23,27). The van der Waals surface area contributed by atoms with Crippen molar-refractivity contribution in [1.82, 2.24) is 15.1 Å². The number of aryl methyl sites for hydroxylation is 1. The second-order valence-corrected chi connectivity index (χ2v) is 7.70. The second kappa shape index (κ2) is 9.03. The minimum atomic E-state index is -0.497. The first-order valence-electron chi connectivity index (χ1n) is 10.1. The SMILES string of the molecule is C=C1NC(=O)CCC1N1C(=O)c2cccc(CCCCCCN(C)C=O)c2C1=O. The number of hydrogen-bond donors (Lipinski definition) is 1. The van der Waals surface area contributed by atoms with E-state index < -0.39 is 6.04 Å². The van der Waals surface area contributed by atoms with Crippen molar-refractivity contribution >= 4 is 24.1 Å². The average molecular weight is 397 g/mol. The van der Waals surface area contributed by atoms with Gasteiger partial charge >= 0.3 is 0 Å². The zero-order chi connectivity index (χ0) is 21.0. The van der Waals surface area contributed by atoms with Crippen LogP contribution in [0.4, 0.5) is 0 Å². The van der Waals surface area contributed by atoms with Gasteiger partial charge < -0.3 is 10.2 Å². The number of nitrogens with one attached hydrogen (secondary N) is 1. The van der Waals surface area contributed by atoms with Crippen LogP contribution in [0, 0.1) is 0 Å². The van der Waals surface area contributed by atoms with Crippen molar-refractivity contribution in [3.05, 3.63) is 47.2 Å². The lowest BCUT2D eigenvalue weighted by atomic mass is 9.97. The number of carbonyl (C=O) groups is 4. The fourth-order valence-corrected chi connectivity index (χ4v) is 4.00. The number of benzene rings is 1. The highest BCUT2D eigenvalue weighted by Gasteiger charge is 2.43. The first-order valence-corrected chi connectivity index (χ1v) is 10.1. The lowest BCUT2D eigenvalue weighted by Crippen LogP contribution is -2.48. The summed E-state index contributed by atoms with van der Waals surface area (Å²) in [7, 11) is 1.76. The minimum Gasteiger partial charge on any atom is -0.348 e. The third-order valence-electron chi connectivity index (χ3n) is 5.58. The van der Waals surface area contributed by atoms with Gasteiger partial charge in [0, 0.05) is 25.7 Å². The molecular weight excluding hydrogens is 370 g/mol. The highest BCUT2D eigenvalue weighted by atomic mass is 16.2. The fraction of sp³-hybridized carbons (Fsp3) is 0.455. The molecule has 0 aromatic heterocycles. The molecule has 1 unspecified atom stereocenters. The van der Waals surface area contributed by atoms with E-state index in [1.54, 1.807) is 18.0 Å². The van der Waals surface area contributed by atoms with Crippen LogP contribution in [0.2, 0.25) is 0 Å². The average Bonchev–Trinajstić information content (AvgIpc) is 2.96. The molecule has 2 heterocycles. The summed E-state index contributed by atoms with van der Waals surface area (Å²) in [6.07, 6.45) is 6.08. The predicted molar refractivity (Wildman–Crippen MR) is 108 cm³/mol. The summed E-state index contributed by atoms with van der Waals surface area (Å²) in [4.78, 5) is 51.0. The van der Waals surface area contributed by atoms with Crippen molar-refractivity contribution in [2.24, 2.45) is 0 Å². The molecule has 1 N–H and O–H groups in total. The van der Waals surface area contributed by atoms with Gasteiger partial charge in [-0.25, -0.2) is 0 Å². The summed E-state index contributed by atoms with van der Waals surface area (Å²) in [6, 6.07) is 4.92. The number of piperidine rings is 1. The van der Waals surface area contributed by atoms with Gasteiger partial charge in [-0.2, -0.15) is 0 Å². The van der Waals surface area contributed by atoms with Gasteiger partial charge in [-0.15, -0.1) is 0 Å². The molecule has 0 bridgehead atoms. The summed E-state index contributed by atoms with van der Waals surface area (Å²) >= 11 is 0. The molecule has 7 nitrogen and oxygen atoms in total. The molecule has 2 aliphatic rings. The Kier molecular flexibility index (Phi) is 6.46. The molecule has 154 valence electrons. The van der Waals surface area contributed by atoms with Gasteiger partial charge in [-0.3, -0.25) is 24.1 Å². The number of amides is 4. The molecule has 3 rings (SSSR count). The Labute approximate surface area is 170 Å². The van der Waals surface area contributed by atoms with Gasteiger partial charge in [-0.05, 0) is 37.3 Å². The van der Waals surface area contributed by atoms with Crippen molar-refractivity contribution in [3.63, 3.8) is 0 Å². The maximum absolute atomic E-state index is 13.1. The number of hydrogen-bond acceptors (Lipinski definition) is 4. The Balaban J connectivity index is 1.65. The molecule has 0 aliphatic carbocycles. The molecule has 0 spiro atoms. The van der Waals surface area contributed by atoms with Gasteiger partial charge in [0.25, 0.3) is 11.8 Å². The van der Waals surface area contributed by atoms with Crippen molar-refractivity contribution in [1.29, 1.82) is 0 Å². The quantitative estimate of drug-likeness (QED) is 0.393. The Morgan fingerprint density at radius 2 is 1.93 bits per heavy atom. The third kappa shape index (κ3) is 4.39. The van der Waals surface area contributed by atoms with Crippen molar-refractivity contribution in [2.45, 2.75) is 51.0 Å². The van der Waals surface area contributed by atoms with Crippen molar-refractivity contribution in [3.8, 4) is 0 Å². The van der Waals surface area contributed by atoms with Gasteiger partial charge in [0.2, 0.25) is 12.3 Å². The van der Waals surface area contributed by atoms with E-state index in [1.807, 2.05) is 12.1 Å². The summed E-state index contributed by atoms with van der Waals surface area (Å²) in [5, 5.41) is 2.65. The molecule has 29 heavy (non-hydrogen) atoms. The summed E-state index contributed by atoms with van der Waals surface area (Å²) in [6.45, 7) is 4.58. The lowest BCUT2D eigenvalue weighted by Gasteiger charge is -2.31. The number of fused-ring (bicyclic) bond motifs is 1. The topological polar surface area (TPSA) is 86.8 Å². The van der Waals surface area contributed by atoms with Gasteiger partial charge in [0.1, 0.15) is 0 Å². The number of carbonyl (C=O) groups excluding carboxylic acids is 4. The second-order valence-electron chi connectivity index (χ2n) is 7.70. The summed E-state index contributed by atoms with van der Waals surface area (Å²) < 4.78 is 0. The zero-order valence-corrected chi connectivity index (χ0v) is 16.8. The van der Waals surface area contributed by atoms with Crippen molar-refractivity contribution < 1.29 is 19.2 Å². The third-order valence-corrected chi connectivity index (χ3v) is 5.58. The Bertz CT molecular complexity index is 848. The van der Waals surface area contributed by atoms with Crippen LogP contribution in [0.5, 0.6) is 0 Å². The molecule has 2 aliphatic heterocycles. The van der Waals surface area contributed by atoms with E-state index in [4.69, 9.17) is 0 Å². The number of unbranched alkanes of at least 4 members (excludes halogenated alkanes) is 3. The van der Waals surface area contributed by atoms with Gasteiger partial charge in [-0.1, -0.05) is 31.6 Å². The van der Waals surface area contributed by atoms with E-state index in [2.05, 4.69) is 11.9 Å². The summed E-state index contributed by atoms with van der Waals surface area (Å²) in [5.74, 6) is -0.746. The lowest BCUT2D eigenvalue weighted by molar-refractivity contribution is -0.121. The van der Waals surface area contributed by atoms with E-state index in [0.717, 1.165) is 50.6 Å². The van der Waals surface area contributed by atoms with Gasteiger partial charge in [0.05, 0.1) is 17.2 Å². The molecule has 0 saturated carbocycles. The smallest absolute Gasteiger partial charge is 0.262 e. The van der Waals surface area contributed by atoms with E-state index >= 15 is 0 Å².